The number of carbonyl (C=O) groups excluding carboxylic acids is 2. The van der Waals surface area contributed by atoms with Gasteiger partial charge in [0, 0.05) is 18.7 Å². The number of rotatable bonds is 5. The third-order valence-corrected chi connectivity index (χ3v) is 4.31. The summed E-state index contributed by atoms with van der Waals surface area (Å²) in [6, 6.07) is 5.37. The molecular weight excluding hydrogens is 304 g/mol. The number of hydrogen-bond donors (Lipinski definition) is 1. The molecule has 0 bridgehead atoms. The highest BCUT2D eigenvalue weighted by Crippen LogP contribution is 2.30. The molecule has 1 fully saturated rings. The molecule has 2 rings (SSSR count). The Balaban J connectivity index is 2.10. The molecule has 2 amide bonds. The zero-order valence-electron chi connectivity index (χ0n) is 12.8. The second-order valence-electron chi connectivity index (χ2n) is 5.62. The summed E-state index contributed by atoms with van der Waals surface area (Å²) in [5, 5.41) is 0.497. The zero-order valence-corrected chi connectivity index (χ0v) is 13.6. The van der Waals surface area contributed by atoms with Crippen LogP contribution in [0.5, 0.6) is 5.75 Å². The summed E-state index contributed by atoms with van der Waals surface area (Å²) in [6.07, 6.45) is 0.202. The number of benzene rings is 1. The molecule has 0 aromatic heterocycles. The normalized spacial score (nSPS) is 21.0. The Labute approximate surface area is 135 Å². The lowest BCUT2D eigenvalue weighted by molar-refractivity contribution is -0.129. The van der Waals surface area contributed by atoms with Crippen molar-refractivity contribution in [1.82, 2.24) is 4.90 Å². The van der Waals surface area contributed by atoms with Crippen LogP contribution < -0.4 is 10.5 Å². The van der Waals surface area contributed by atoms with Crippen LogP contribution in [-0.4, -0.2) is 36.4 Å². The SMILES string of the molecule is CCOc1c(Cl)cccc1CC(=O)N1C[C@@H](C)[C@H](C(N)=O)C1. The van der Waals surface area contributed by atoms with Crippen molar-refractivity contribution in [3.63, 3.8) is 0 Å². The quantitative estimate of drug-likeness (QED) is 0.898. The minimum atomic E-state index is -0.347. The monoisotopic (exact) mass is 324 g/mol. The minimum absolute atomic E-state index is 0.0428. The molecule has 22 heavy (non-hydrogen) atoms. The van der Waals surface area contributed by atoms with Crippen LogP contribution in [0, 0.1) is 11.8 Å². The predicted octanol–water partition coefficient (Wildman–Crippen LogP) is 1.86. The van der Waals surface area contributed by atoms with E-state index in [1.54, 1.807) is 17.0 Å². The fourth-order valence-electron chi connectivity index (χ4n) is 2.81. The molecule has 1 aromatic rings. The van der Waals surface area contributed by atoms with Gasteiger partial charge in [0.05, 0.1) is 24.0 Å². The van der Waals surface area contributed by atoms with Crippen LogP contribution >= 0.6 is 11.6 Å². The van der Waals surface area contributed by atoms with Crippen LogP contribution in [-0.2, 0) is 16.0 Å². The first kappa shape index (κ1) is 16.6. The summed E-state index contributed by atoms with van der Waals surface area (Å²) in [7, 11) is 0. The molecule has 6 heteroatoms. The van der Waals surface area contributed by atoms with Gasteiger partial charge in [0.15, 0.2) is 0 Å². The van der Waals surface area contributed by atoms with Gasteiger partial charge in [-0.15, -0.1) is 0 Å². The fraction of sp³-hybridized carbons (Fsp3) is 0.500. The topological polar surface area (TPSA) is 72.6 Å². The Morgan fingerprint density at radius 1 is 1.41 bits per heavy atom. The minimum Gasteiger partial charge on any atom is -0.492 e. The summed E-state index contributed by atoms with van der Waals surface area (Å²) in [4.78, 5) is 25.5. The van der Waals surface area contributed by atoms with E-state index in [2.05, 4.69) is 0 Å². The third kappa shape index (κ3) is 3.53. The molecular formula is C16H21ClN2O3. The zero-order chi connectivity index (χ0) is 16.3. The van der Waals surface area contributed by atoms with Gasteiger partial charge in [-0.25, -0.2) is 0 Å². The van der Waals surface area contributed by atoms with E-state index < -0.39 is 0 Å². The molecule has 2 N–H and O–H groups in total. The Kier molecular flexibility index (Phi) is 5.29. The fourth-order valence-corrected chi connectivity index (χ4v) is 3.06. The van der Waals surface area contributed by atoms with Crippen molar-refractivity contribution < 1.29 is 14.3 Å². The second kappa shape index (κ2) is 7.01. The molecule has 1 aromatic carbocycles. The van der Waals surface area contributed by atoms with Gasteiger partial charge in [-0.2, -0.15) is 0 Å². The molecule has 1 saturated heterocycles. The van der Waals surface area contributed by atoms with E-state index in [1.807, 2.05) is 19.9 Å². The van der Waals surface area contributed by atoms with Crippen LogP contribution in [0.1, 0.15) is 19.4 Å². The second-order valence-corrected chi connectivity index (χ2v) is 6.03. The number of carbonyl (C=O) groups is 2. The lowest BCUT2D eigenvalue weighted by Crippen LogP contribution is -2.32. The molecule has 1 heterocycles. The van der Waals surface area contributed by atoms with Crippen LogP contribution in [0.4, 0.5) is 0 Å². The molecule has 0 saturated carbocycles. The Morgan fingerprint density at radius 3 is 2.73 bits per heavy atom. The van der Waals surface area contributed by atoms with Crippen LogP contribution in [0.25, 0.3) is 0 Å². The van der Waals surface area contributed by atoms with Crippen molar-refractivity contribution in [2.75, 3.05) is 19.7 Å². The first-order valence-electron chi connectivity index (χ1n) is 7.41. The van der Waals surface area contributed by atoms with E-state index in [0.29, 0.717) is 30.5 Å². The summed E-state index contributed by atoms with van der Waals surface area (Å²) in [6.45, 7) is 5.23. The van der Waals surface area contributed by atoms with Crippen LogP contribution in [0.15, 0.2) is 18.2 Å². The van der Waals surface area contributed by atoms with Gasteiger partial charge in [-0.05, 0) is 18.9 Å². The van der Waals surface area contributed by atoms with Crippen molar-refractivity contribution in [2.45, 2.75) is 20.3 Å². The maximum Gasteiger partial charge on any atom is 0.227 e. The van der Waals surface area contributed by atoms with Gasteiger partial charge in [0.1, 0.15) is 5.75 Å². The maximum atomic E-state index is 12.5. The number of nitrogens with zero attached hydrogens (tertiary/aromatic N) is 1. The van der Waals surface area contributed by atoms with Gasteiger partial charge in [0.25, 0.3) is 0 Å². The highest BCUT2D eigenvalue weighted by Gasteiger charge is 2.35. The summed E-state index contributed by atoms with van der Waals surface area (Å²) >= 11 is 6.13. The number of nitrogens with two attached hydrogens (primary N) is 1. The molecule has 2 atom stereocenters. The number of halogens is 1. The summed E-state index contributed by atoms with van der Waals surface area (Å²) < 4.78 is 5.53. The lowest BCUT2D eigenvalue weighted by atomic mass is 9.98. The number of hydrogen-bond acceptors (Lipinski definition) is 3. The van der Waals surface area contributed by atoms with E-state index >= 15 is 0 Å². The van der Waals surface area contributed by atoms with Gasteiger partial charge in [0.2, 0.25) is 11.8 Å². The maximum absolute atomic E-state index is 12.5. The first-order chi connectivity index (χ1) is 10.4. The van der Waals surface area contributed by atoms with Gasteiger partial charge < -0.3 is 15.4 Å². The highest BCUT2D eigenvalue weighted by molar-refractivity contribution is 6.32. The molecule has 5 nitrogen and oxygen atoms in total. The molecule has 120 valence electrons. The molecule has 0 aliphatic carbocycles. The Morgan fingerprint density at radius 2 is 2.14 bits per heavy atom. The number of ether oxygens (including phenoxy) is 1. The van der Waals surface area contributed by atoms with E-state index in [-0.39, 0.29) is 30.1 Å². The van der Waals surface area contributed by atoms with E-state index in [4.69, 9.17) is 22.1 Å². The van der Waals surface area contributed by atoms with Crippen molar-refractivity contribution >= 4 is 23.4 Å². The van der Waals surface area contributed by atoms with Crippen molar-refractivity contribution in [2.24, 2.45) is 17.6 Å². The predicted molar refractivity (Wildman–Crippen MR) is 84.8 cm³/mol. The molecule has 0 spiro atoms. The lowest BCUT2D eigenvalue weighted by Gasteiger charge is -2.18. The first-order valence-corrected chi connectivity index (χ1v) is 7.79. The van der Waals surface area contributed by atoms with Crippen molar-refractivity contribution in [3.8, 4) is 5.75 Å². The molecule has 1 aliphatic heterocycles. The van der Waals surface area contributed by atoms with Gasteiger partial charge in [-0.1, -0.05) is 30.7 Å². The van der Waals surface area contributed by atoms with E-state index in [0.717, 1.165) is 5.56 Å². The summed E-state index contributed by atoms with van der Waals surface area (Å²) in [5.41, 5.74) is 6.13. The average molecular weight is 325 g/mol. The van der Waals surface area contributed by atoms with Crippen molar-refractivity contribution in [3.05, 3.63) is 28.8 Å². The van der Waals surface area contributed by atoms with Gasteiger partial charge in [-0.3, -0.25) is 9.59 Å². The molecule has 1 aliphatic rings. The van der Waals surface area contributed by atoms with E-state index in [1.165, 1.54) is 0 Å². The van der Waals surface area contributed by atoms with Crippen LogP contribution in [0.2, 0.25) is 5.02 Å². The standard InChI is InChI=1S/C16H21ClN2O3/c1-3-22-15-11(5-4-6-13(15)17)7-14(20)19-8-10(2)12(9-19)16(18)21/h4-6,10,12H,3,7-9H2,1-2H3,(H2,18,21)/t10-,12-/m1/s1. The number of amides is 2. The number of primary amides is 1. The Bertz CT molecular complexity index is 577. The average Bonchev–Trinajstić information content (AvgIpc) is 2.85. The number of likely N-dealkylation sites (tertiary alicyclic amines) is 1. The van der Waals surface area contributed by atoms with Crippen LogP contribution in [0.3, 0.4) is 0 Å². The van der Waals surface area contributed by atoms with Crippen molar-refractivity contribution in [1.29, 1.82) is 0 Å². The smallest absolute Gasteiger partial charge is 0.227 e. The highest BCUT2D eigenvalue weighted by atomic mass is 35.5. The summed E-state index contributed by atoms with van der Waals surface area (Å²) in [5.74, 6) is -0.0139. The number of para-hydroxylation sites is 1. The largest absolute Gasteiger partial charge is 0.492 e. The Hall–Kier alpha value is -1.75. The van der Waals surface area contributed by atoms with E-state index in [9.17, 15) is 9.59 Å². The third-order valence-electron chi connectivity index (χ3n) is 4.01. The molecule has 0 unspecified atom stereocenters. The van der Waals surface area contributed by atoms with Gasteiger partial charge >= 0.3 is 0 Å². The molecule has 0 radical (unpaired) electrons.